The van der Waals surface area contributed by atoms with Crippen molar-refractivity contribution in [3.8, 4) is 0 Å². The molecule has 0 N–H and O–H groups in total. The maximum Gasteiger partial charge on any atom is 0.127 e. The van der Waals surface area contributed by atoms with Crippen LogP contribution < -0.4 is 0 Å². The van der Waals surface area contributed by atoms with Crippen molar-refractivity contribution in [2.75, 3.05) is 7.05 Å². The van der Waals surface area contributed by atoms with E-state index in [0.29, 0.717) is 6.54 Å². The molecule has 0 amide bonds. The summed E-state index contributed by atoms with van der Waals surface area (Å²) in [4.78, 5) is 2.10. The summed E-state index contributed by atoms with van der Waals surface area (Å²) in [6.45, 7) is 1.41. The molecule has 0 atom stereocenters. The molecule has 0 aliphatic rings. The summed E-state index contributed by atoms with van der Waals surface area (Å²) in [5.74, 6) is -0.140. The Labute approximate surface area is 115 Å². The number of hydrogen-bond donors (Lipinski definition) is 0. The summed E-state index contributed by atoms with van der Waals surface area (Å²) in [5.41, 5.74) is 1.94. The Balaban J connectivity index is 2.01. The van der Waals surface area contributed by atoms with Gasteiger partial charge in [-0.05, 0) is 30.8 Å². The van der Waals surface area contributed by atoms with Gasteiger partial charge in [0.05, 0.1) is 0 Å². The molecule has 0 saturated carbocycles. The van der Waals surface area contributed by atoms with Crippen LogP contribution >= 0.6 is 15.9 Å². The van der Waals surface area contributed by atoms with Crippen LogP contribution in [0.4, 0.5) is 4.39 Å². The van der Waals surface area contributed by atoms with Crippen molar-refractivity contribution in [1.29, 1.82) is 0 Å². The average molecular weight is 308 g/mol. The maximum atomic E-state index is 13.5. The van der Waals surface area contributed by atoms with Gasteiger partial charge in [0.2, 0.25) is 0 Å². The highest BCUT2D eigenvalue weighted by Crippen LogP contribution is 2.15. The van der Waals surface area contributed by atoms with Gasteiger partial charge in [0.1, 0.15) is 5.82 Å². The molecule has 0 bridgehead atoms. The summed E-state index contributed by atoms with van der Waals surface area (Å²) >= 11 is 3.45. The van der Waals surface area contributed by atoms with Gasteiger partial charge in [-0.1, -0.05) is 46.3 Å². The van der Waals surface area contributed by atoms with E-state index in [9.17, 15) is 4.39 Å². The monoisotopic (exact) mass is 307 g/mol. The fourth-order valence-electron chi connectivity index (χ4n) is 1.92. The van der Waals surface area contributed by atoms with Crippen molar-refractivity contribution in [3.05, 3.63) is 69.9 Å². The van der Waals surface area contributed by atoms with Crippen LogP contribution in [0.3, 0.4) is 0 Å². The van der Waals surface area contributed by atoms with Crippen LogP contribution in [0.2, 0.25) is 0 Å². The molecule has 0 unspecified atom stereocenters. The molecule has 0 fully saturated rings. The highest BCUT2D eigenvalue weighted by atomic mass is 79.9. The Morgan fingerprint density at radius 3 is 2.56 bits per heavy atom. The zero-order valence-corrected chi connectivity index (χ0v) is 11.8. The zero-order chi connectivity index (χ0) is 13.0. The van der Waals surface area contributed by atoms with E-state index in [1.807, 2.05) is 31.3 Å². The quantitative estimate of drug-likeness (QED) is 0.817. The van der Waals surface area contributed by atoms with E-state index in [1.54, 1.807) is 6.07 Å². The molecule has 94 valence electrons. The first-order chi connectivity index (χ1) is 8.65. The largest absolute Gasteiger partial charge is 0.298 e. The molecule has 0 spiro atoms. The molecule has 0 heterocycles. The summed E-state index contributed by atoms with van der Waals surface area (Å²) in [5, 5.41) is 0. The van der Waals surface area contributed by atoms with Gasteiger partial charge in [0, 0.05) is 23.1 Å². The van der Waals surface area contributed by atoms with E-state index in [1.165, 1.54) is 11.6 Å². The molecular formula is C15H15BrFN. The van der Waals surface area contributed by atoms with Crippen LogP contribution in [0.5, 0.6) is 0 Å². The molecule has 0 aliphatic heterocycles. The van der Waals surface area contributed by atoms with Crippen molar-refractivity contribution >= 4 is 15.9 Å². The number of benzene rings is 2. The standard InChI is InChI=1S/C15H15BrFN/c1-18(10-12-5-4-7-14(16)9-12)11-13-6-2-3-8-15(13)17/h2-9H,10-11H2,1H3. The van der Waals surface area contributed by atoms with E-state index >= 15 is 0 Å². The van der Waals surface area contributed by atoms with E-state index in [4.69, 9.17) is 0 Å². The highest BCUT2D eigenvalue weighted by Gasteiger charge is 2.05. The Bertz CT molecular complexity index is 527. The molecule has 2 rings (SSSR count). The van der Waals surface area contributed by atoms with Gasteiger partial charge >= 0.3 is 0 Å². The van der Waals surface area contributed by atoms with Crippen molar-refractivity contribution in [1.82, 2.24) is 4.90 Å². The minimum absolute atomic E-state index is 0.140. The predicted molar refractivity (Wildman–Crippen MR) is 75.7 cm³/mol. The van der Waals surface area contributed by atoms with Crippen LogP contribution in [0.15, 0.2) is 53.0 Å². The van der Waals surface area contributed by atoms with Crippen molar-refractivity contribution in [3.63, 3.8) is 0 Å². The molecular weight excluding hydrogens is 293 g/mol. The SMILES string of the molecule is CN(Cc1cccc(Br)c1)Cc1ccccc1F. The van der Waals surface area contributed by atoms with Crippen LogP contribution in [-0.2, 0) is 13.1 Å². The van der Waals surface area contributed by atoms with Crippen LogP contribution in [-0.4, -0.2) is 11.9 Å². The van der Waals surface area contributed by atoms with Gasteiger partial charge in [0.25, 0.3) is 0 Å². The fraction of sp³-hybridized carbons (Fsp3) is 0.200. The summed E-state index contributed by atoms with van der Waals surface area (Å²) in [6.07, 6.45) is 0. The van der Waals surface area contributed by atoms with Crippen molar-refractivity contribution in [2.45, 2.75) is 13.1 Å². The Kier molecular flexibility index (Phi) is 4.50. The minimum Gasteiger partial charge on any atom is -0.298 e. The minimum atomic E-state index is -0.140. The first kappa shape index (κ1) is 13.2. The van der Waals surface area contributed by atoms with Crippen molar-refractivity contribution < 1.29 is 4.39 Å². The lowest BCUT2D eigenvalue weighted by Gasteiger charge is -2.17. The van der Waals surface area contributed by atoms with Crippen LogP contribution in [0, 0.1) is 5.82 Å². The molecule has 1 nitrogen and oxygen atoms in total. The number of rotatable bonds is 4. The third-order valence-corrected chi connectivity index (χ3v) is 3.23. The maximum absolute atomic E-state index is 13.5. The summed E-state index contributed by atoms with van der Waals surface area (Å²) in [6, 6.07) is 15.1. The third-order valence-electron chi connectivity index (χ3n) is 2.74. The van der Waals surface area contributed by atoms with Crippen LogP contribution in [0.1, 0.15) is 11.1 Å². The Morgan fingerprint density at radius 2 is 1.83 bits per heavy atom. The van der Waals surface area contributed by atoms with Gasteiger partial charge in [-0.3, -0.25) is 4.90 Å². The van der Waals surface area contributed by atoms with Gasteiger partial charge in [-0.2, -0.15) is 0 Å². The lowest BCUT2D eigenvalue weighted by atomic mass is 10.1. The zero-order valence-electron chi connectivity index (χ0n) is 10.2. The molecule has 0 aliphatic carbocycles. The average Bonchev–Trinajstić information content (AvgIpc) is 2.32. The summed E-state index contributed by atoms with van der Waals surface area (Å²) in [7, 11) is 1.99. The second-order valence-corrected chi connectivity index (χ2v) is 5.31. The van der Waals surface area contributed by atoms with Gasteiger partial charge < -0.3 is 0 Å². The molecule has 3 heteroatoms. The van der Waals surface area contributed by atoms with Gasteiger partial charge in [0.15, 0.2) is 0 Å². The van der Waals surface area contributed by atoms with Crippen molar-refractivity contribution in [2.24, 2.45) is 0 Å². The van der Waals surface area contributed by atoms with E-state index in [2.05, 4.69) is 33.0 Å². The molecule has 2 aromatic carbocycles. The summed E-state index contributed by atoms with van der Waals surface area (Å²) < 4.78 is 14.6. The first-order valence-corrected chi connectivity index (χ1v) is 6.61. The lowest BCUT2D eigenvalue weighted by Crippen LogP contribution is -2.17. The predicted octanol–water partition coefficient (Wildman–Crippen LogP) is 4.22. The van der Waals surface area contributed by atoms with E-state index < -0.39 is 0 Å². The number of hydrogen-bond acceptors (Lipinski definition) is 1. The Hall–Kier alpha value is -1.19. The molecule has 0 saturated heterocycles. The Morgan fingerprint density at radius 1 is 1.06 bits per heavy atom. The molecule has 0 aromatic heterocycles. The first-order valence-electron chi connectivity index (χ1n) is 5.81. The highest BCUT2D eigenvalue weighted by molar-refractivity contribution is 9.10. The third kappa shape index (κ3) is 3.65. The fourth-order valence-corrected chi connectivity index (χ4v) is 2.37. The second kappa shape index (κ2) is 6.12. The lowest BCUT2D eigenvalue weighted by molar-refractivity contribution is 0.313. The van der Waals surface area contributed by atoms with Gasteiger partial charge in [-0.15, -0.1) is 0 Å². The topological polar surface area (TPSA) is 3.24 Å². The van der Waals surface area contributed by atoms with Crippen LogP contribution in [0.25, 0.3) is 0 Å². The number of nitrogens with zero attached hydrogens (tertiary/aromatic N) is 1. The van der Waals surface area contributed by atoms with Gasteiger partial charge in [-0.25, -0.2) is 4.39 Å². The molecule has 18 heavy (non-hydrogen) atoms. The normalized spacial score (nSPS) is 10.9. The van der Waals surface area contributed by atoms with E-state index in [-0.39, 0.29) is 5.82 Å². The smallest absolute Gasteiger partial charge is 0.127 e. The van der Waals surface area contributed by atoms with E-state index in [0.717, 1.165) is 16.6 Å². The number of halogens is 2. The molecule has 2 aromatic rings. The second-order valence-electron chi connectivity index (χ2n) is 4.39. The molecule has 0 radical (unpaired) electrons.